The highest BCUT2D eigenvalue weighted by molar-refractivity contribution is 5.72. The molecule has 2 aromatic rings. The quantitative estimate of drug-likeness (QED) is 0.687. The molecule has 74 valence electrons. The van der Waals surface area contributed by atoms with Crippen LogP contribution in [0.25, 0.3) is 11.1 Å². The second-order valence-corrected chi connectivity index (χ2v) is 4.86. The summed E-state index contributed by atoms with van der Waals surface area (Å²) >= 11 is 0. The molecule has 0 bridgehead atoms. The molecule has 0 aliphatic rings. The molecule has 0 atom stereocenters. The molecule has 0 saturated heterocycles. The van der Waals surface area contributed by atoms with Gasteiger partial charge < -0.3 is 4.42 Å². The number of hydrogen-bond acceptors (Lipinski definition) is 2. The van der Waals surface area contributed by atoms with E-state index in [1.54, 1.807) is 6.26 Å². The lowest BCUT2D eigenvalue weighted by atomic mass is 9.90. The lowest BCUT2D eigenvalue weighted by Crippen LogP contribution is -2.10. The lowest BCUT2D eigenvalue weighted by Gasteiger charge is -2.16. The van der Waals surface area contributed by atoms with Crippen molar-refractivity contribution >= 4 is 11.1 Å². The molecular weight excluding hydrogens is 174 g/mol. The molecule has 2 rings (SSSR count). The molecule has 0 saturated carbocycles. The Bertz CT molecular complexity index is 437. The first-order chi connectivity index (χ1) is 6.54. The number of furan rings is 1. The number of nitrogens with zero attached hydrogens (tertiary/aromatic N) is 1. The predicted octanol–water partition coefficient (Wildman–Crippen LogP) is 3.42. The van der Waals surface area contributed by atoms with Gasteiger partial charge in [0.25, 0.3) is 0 Å². The predicted molar refractivity (Wildman–Crippen MR) is 57.2 cm³/mol. The normalized spacial score (nSPS) is 12.2. The molecular formula is C12H15NO. The maximum atomic E-state index is 5.26. The summed E-state index contributed by atoms with van der Waals surface area (Å²) in [5.74, 6) is 0. The number of rotatable bonds is 1. The third-order valence-electron chi connectivity index (χ3n) is 2.09. The number of fused-ring (bicyclic) bond motifs is 1. The maximum absolute atomic E-state index is 5.26. The first-order valence-electron chi connectivity index (χ1n) is 4.88. The van der Waals surface area contributed by atoms with Crippen molar-refractivity contribution in [3.63, 3.8) is 0 Å². The van der Waals surface area contributed by atoms with E-state index in [1.807, 2.05) is 6.07 Å². The summed E-state index contributed by atoms with van der Waals surface area (Å²) in [6, 6.07) is 6.07. The van der Waals surface area contributed by atoms with E-state index in [4.69, 9.17) is 4.42 Å². The third kappa shape index (κ3) is 1.95. The van der Waals surface area contributed by atoms with Gasteiger partial charge in [-0.1, -0.05) is 20.8 Å². The summed E-state index contributed by atoms with van der Waals surface area (Å²) in [5, 5.41) is 1.07. The molecule has 2 aromatic heterocycles. The first kappa shape index (κ1) is 9.25. The highest BCUT2D eigenvalue weighted by Crippen LogP contribution is 2.21. The fourth-order valence-electron chi connectivity index (χ4n) is 1.52. The van der Waals surface area contributed by atoms with E-state index in [0.717, 1.165) is 23.2 Å². The van der Waals surface area contributed by atoms with Gasteiger partial charge in [-0.2, -0.15) is 0 Å². The highest BCUT2D eigenvalue weighted by atomic mass is 16.3. The summed E-state index contributed by atoms with van der Waals surface area (Å²) in [4.78, 5) is 4.45. The van der Waals surface area contributed by atoms with Gasteiger partial charge in [0.05, 0.1) is 6.26 Å². The van der Waals surface area contributed by atoms with Crippen LogP contribution in [-0.2, 0) is 6.42 Å². The standard InChI is InChI=1S/C12H15NO/c1-12(2,3)8-10-5-4-9-6-7-14-11(9)13-10/h4-7H,8H2,1-3H3. The summed E-state index contributed by atoms with van der Waals surface area (Å²) in [5.41, 5.74) is 2.11. The van der Waals surface area contributed by atoms with Gasteiger partial charge in [0.15, 0.2) is 0 Å². The van der Waals surface area contributed by atoms with Gasteiger partial charge in [0.2, 0.25) is 5.71 Å². The molecule has 2 heterocycles. The molecule has 0 amide bonds. The van der Waals surface area contributed by atoms with E-state index >= 15 is 0 Å². The molecule has 2 nitrogen and oxygen atoms in total. The molecule has 0 fully saturated rings. The Morgan fingerprint density at radius 2 is 2.00 bits per heavy atom. The smallest absolute Gasteiger partial charge is 0.226 e. The van der Waals surface area contributed by atoms with Gasteiger partial charge in [-0.15, -0.1) is 0 Å². The molecule has 2 heteroatoms. The zero-order valence-corrected chi connectivity index (χ0v) is 8.87. The van der Waals surface area contributed by atoms with E-state index in [0.29, 0.717) is 0 Å². The first-order valence-corrected chi connectivity index (χ1v) is 4.88. The molecule has 14 heavy (non-hydrogen) atoms. The van der Waals surface area contributed by atoms with Crippen LogP contribution in [0.15, 0.2) is 28.9 Å². The largest absolute Gasteiger partial charge is 0.446 e. The zero-order valence-electron chi connectivity index (χ0n) is 8.87. The van der Waals surface area contributed by atoms with Crippen LogP contribution in [0.3, 0.4) is 0 Å². The summed E-state index contributed by atoms with van der Waals surface area (Å²) < 4.78 is 5.26. The molecule has 0 radical (unpaired) electrons. The monoisotopic (exact) mass is 189 g/mol. The molecule has 0 aliphatic heterocycles. The second-order valence-electron chi connectivity index (χ2n) is 4.86. The Kier molecular flexibility index (Phi) is 2.06. The minimum atomic E-state index is 0.271. The Morgan fingerprint density at radius 3 is 2.71 bits per heavy atom. The van der Waals surface area contributed by atoms with Crippen molar-refractivity contribution in [1.82, 2.24) is 4.98 Å². The van der Waals surface area contributed by atoms with Crippen LogP contribution in [0.2, 0.25) is 0 Å². The van der Waals surface area contributed by atoms with Crippen molar-refractivity contribution < 1.29 is 4.42 Å². The average Bonchev–Trinajstić information content (AvgIpc) is 2.47. The van der Waals surface area contributed by atoms with E-state index in [2.05, 4.69) is 37.9 Å². The van der Waals surface area contributed by atoms with Crippen LogP contribution in [0, 0.1) is 5.41 Å². The Morgan fingerprint density at radius 1 is 1.21 bits per heavy atom. The average molecular weight is 189 g/mol. The minimum Gasteiger partial charge on any atom is -0.446 e. The second kappa shape index (κ2) is 3.12. The van der Waals surface area contributed by atoms with Crippen molar-refractivity contribution in [1.29, 1.82) is 0 Å². The van der Waals surface area contributed by atoms with Gasteiger partial charge in [-0.25, -0.2) is 4.98 Å². The number of aromatic nitrogens is 1. The zero-order chi connectivity index (χ0) is 10.2. The molecule has 0 aliphatic carbocycles. The van der Waals surface area contributed by atoms with Crippen LogP contribution < -0.4 is 0 Å². The van der Waals surface area contributed by atoms with Gasteiger partial charge in [-0.05, 0) is 30.0 Å². The van der Waals surface area contributed by atoms with E-state index in [-0.39, 0.29) is 5.41 Å². The number of pyridine rings is 1. The van der Waals surface area contributed by atoms with Crippen molar-refractivity contribution in [2.75, 3.05) is 0 Å². The fourth-order valence-corrected chi connectivity index (χ4v) is 1.52. The number of hydrogen-bond donors (Lipinski definition) is 0. The van der Waals surface area contributed by atoms with Crippen molar-refractivity contribution in [3.05, 3.63) is 30.2 Å². The van der Waals surface area contributed by atoms with Crippen molar-refractivity contribution in [3.8, 4) is 0 Å². The van der Waals surface area contributed by atoms with Crippen LogP contribution in [0.1, 0.15) is 26.5 Å². The highest BCUT2D eigenvalue weighted by Gasteiger charge is 2.12. The Hall–Kier alpha value is -1.31. The van der Waals surface area contributed by atoms with E-state index in [1.165, 1.54) is 0 Å². The van der Waals surface area contributed by atoms with Crippen LogP contribution in [0.4, 0.5) is 0 Å². The molecule has 0 aromatic carbocycles. The van der Waals surface area contributed by atoms with Crippen LogP contribution in [-0.4, -0.2) is 4.98 Å². The van der Waals surface area contributed by atoms with Gasteiger partial charge in [0, 0.05) is 11.1 Å². The Labute approximate surface area is 84.0 Å². The van der Waals surface area contributed by atoms with Crippen LogP contribution >= 0.6 is 0 Å². The van der Waals surface area contributed by atoms with Crippen molar-refractivity contribution in [2.24, 2.45) is 5.41 Å². The van der Waals surface area contributed by atoms with Gasteiger partial charge in [-0.3, -0.25) is 0 Å². The van der Waals surface area contributed by atoms with E-state index in [9.17, 15) is 0 Å². The molecule has 0 spiro atoms. The van der Waals surface area contributed by atoms with E-state index < -0.39 is 0 Å². The minimum absolute atomic E-state index is 0.271. The Balaban J connectivity index is 2.35. The maximum Gasteiger partial charge on any atom is 0.226 e. The van der Waals surface area contributed by atoms with Crippen molar-refractivity contribution in [2.45, 2.75) is 27.2 Å². The van der Waals surface area contributed by atoms with Gasteiger partial charge >= 0.3 is 0 Å². The third-order valence-corrected chi connectivity index (χ3v) is 2.09. The lowest BCUT2D eigenvalue weighted by molar-refractivity contribution is 0.406. The summed E-state index contributed by atoms with van der Waals surface area (Å²) in [6.07, 6.45) is 2.65. The van der Waals surface area contributed by atoms with Gasteiger partial charge in [0.1, 0.15) is 0 Å². The topological polar surface area (TPSA) is 26.0 Å². The summed E-state index contributed by atoms with van der Waals surface area (Å²) in [6.45, 7) is 6.63. The molecule has 0 N–H and O–H groups in total. The molecule has 0 unspecified atom stereocenters. The van der Waals surface area contributed by atoms with Crippen LogP contribution in [0.5, 0.6) is 0 Å². The SMILES string of the molecule is CC(C)(C)Cc1ccc2ccoc2n1. The fraction of sp³-hybridized carbons (Fsp3) is 0.417. The summed E-state index contributed by atoms with van der Waals surface area (Å²) in [7, 11) is 0.